The average molecular weight is 479 g/mol. The van der Waals surface area contributed by atoms with Crippen molar-refractivity contribution in [2.24, 2.45) is 0 Å². The Morgan fingerprint density at radius 2 is 1.68 bits per heavy atom. The van der Waals surface area contributed by atoms with Gasteiger partial charge in [0.2, 0.25) is 5.95 Å². The van der Waals surface area contributed by atoms with Crippen LogP contribution in [0.4, 0.5) is 11.6 Å². The molecule has 0 aliphatic heterocycles. The lowest BCUT2D eigenvalue weighted by Crippen LogP contribution is -2.42. The predicted octanol–water partition coefficient (Wildman–Crippen LogP) is 4.15. The number of halogens is 1. The Balaban J connectivity index is 1.60. The second-order valence-corrected chi connectivity index (χ2v) is 7.95. The van der Waals surface area contributed by atoms with E-state index >= 15 is 0 Å². The molecule has 2 N–H and O–H groups in total. The molecule has 1 aromatic heterocycles. The summed E-state index contributed by atoms with van der Waals surface area (Å²) >= 11 is 5.97. The van der Waals surface area contributed by atoms with Crippen LogP contribution in [0, 0.1) is 0 Å². The van der Waals surface area contributed by atoms with Gasteiger partial charge < -0.3 is 15.2 Å². The first-order valence-electron chi connectivity index (χ1n) is 10.7. The van der Waals surface area contributed by atoms with E-state index in [4.69, 9.17) is 16.3 Å². The van der Waals surface area contributed by atoms with Crippen molar-refractivity contribution in [3.05, 3.63) is 110 Å². The number of nitrogens with one attached hydrogen (secondary N) is 1. The minimum Gasteiger partial charge on any atom is -0.457 e. The Morgan fingerprint density at radius 3 is 2.35 bits per heavy atom. The fraction of sp³-hybridized carbons (Fsp3) is 0.160. The number of aliphatic hydroxyl groups is 1. The van der Waals surface area contributed by atoms with Gasteiger partial charge in [-0.15, -0.1) is 0 Å². The van der Waals surface area contributed by atoms with E-state index in [1.165, 1.54) is 4.57 Å². The van der Waals surface area contributed by atoms with Gasteiger partial charge in [0, 0.05) is 17.3 Å². The number of nitrogens with zero attached hydrogens (tertiary/aromatic N) is 3. The van der Waals surface area contributed by atoms with Crippen LogP contribution in [-0.2, 0) is 19.7 Å². The number of ether oxygens (including phenoxy) is 1. The number of hydrogen-bond acceptors (Lipinski definition) is 6. The minimum atomic E-state index is -0.619. The Kier molecular flexibility index (Phi) is 7.10. The number of anilines is 2. The van der Waals surface area contributed by atoms with Crippen molar-refractivity contribution in [2.45, 2.75) is 26.6 Å². The molecule has 4 rings (SSSR count). The summed E-state index contributed by atoms with van der Waals surface area (Å²) in [4.78, 5) is 29.5. The van der Waals surface area contributed by atoms with Crippen LogP contribution in [0.3, 0.4) is 0 Å². The lowest BCUT2D eigenvalue weighted by molar-refractivity contribution is 0.281. The zero-order valence-electron chi connectivity index (χ0n) is 18.4. The van der Waals surface area contributed by atoms with Crippen molar-refractivity contribution >= 4 is 23.2 Å². The molecular weight excluding hydrogens is 456 g/mol. The van der Waals surface area contributed by atoms with E-state index in [2.05, 4.69) is 10.3 Å². The molecule has 34 heavy (non-hydrogen) atoms. The summed E-state index contributed by atoms with van der Waals surface area (Å²) in [6.45, 7) is 2.09. The maximum absolute atomic E-state index is 13.0. The SMILES string of the molecule is CCn1c(=O)nc(Nc2ccc(Oc3cccc(CO)c3)cc2)n(Cc2ccc(Cl)cc2)c1=O. The summed E-state index contributed by atoms with van der Waals surface area (Å²) in [5.74, 6) is 1.33. The van der Waals surface area contributed by atoms with Gasteiger partial charge in [-0.2, -0.15) is 4.98 Å². The molecule has 0 spiro atoms. The third-order valence-electron chi connectivity index (χ3n) is 5.15. The van der Waals surface area contributed by atoms with Gasteiger partial charge in [-0.25, -0.2) is 14.2 Å². The molecule has 0 amide bonds. The molecule has 0 atom stereocenters. The topological polar surface area (TPSA) is 98.4 Å². The van der Waals surface area contributed by atoms with Gasteiger partial charge in [0.15, 0.2) is 0 Å². The maximum atomic E-state index is 13.0. The summed E-state index contributed by atoms with van der Waals surface area (Å²) in [5, 5.41) is 12.9. The highest BCUT2D eigenvalue weighted by Crippen LogP contribution is 2.25. The molecule has 1 heterocycles. The molecule has 4 aromatic rings. The summed E-state index contributed by atoms with van der Waals surface area (Å²) in [5.41, 5.74) is 1.14. The molecule has 0 fully saturated rings. The van der Waals surface area contributed by atoms with E-state index in [9.17, 15) is 14.7 Å². The lowest BCUT2D eigenvalue weighted by Gasteiger charge is -2.15. The first kappa shape index (κ1) is 23.3. The number of benzene rings is 3. The van der Waals surface area contributed by atoms with Crippen LogP contribution in [0.5, 0.6) is 11.5 Å². The number of hydrogen-bond donors (Lipinski definition) is 2. The van der Waals surface area contributed by atoms with Crippen molar-refractivity contribution in [1.29, 1.82) is 0 Å². The fourth-order valence-electron chi connectivity index (χ4n) is 3.39. The van der Waals surface area contributed by atoms with Crippen molar-refractivity contribution in [2.75, 3.05) is 5.32 Å². The van der Waals surface area contributed by atoms with E-state index in [1.54, 1.807) is 61.5 Å². The van der Waals surface area contributed by atoms with Crippen LogP contribution >= 0.6 is 11.6 Å². The second-order valence-electron chi connectivity index (χ2n) is 7.51. The first-order chi connectivity index (χ1) is 16.5. The fourth-order valence-corrected chi connectivity index (χ4v) is 3.52. The number of aromatic nitrogens is 3. The zero-order valence-corrected chi connectivity index (χ0v) is 19.2. The van der Waals surface area contributed by atoms with Crippen LogP contribution in [0.1, 0.15) is 18.1 Å². The molecule has 0 aliphatic carbocycles. The summed E-state index contributed by atoms with van der Waals surface area (Å²) < 4.78 is 8.33. The molecule has 3 aromatic carbocycles. The highest BCUT2D eigenvalue weighted by atomic mass is 35.5. The molecule has 0 saturated carbocycles. The van der Waals surface area contributed by atoms with Gasteiger partial charge in [-0.05, 0) is 66.6 Å². The Labute approximate surface area is 200 Å². The number of aliphatic hydroxyl groups excluding tert-OH is 1. The van der Waals surface area contributed by atoms with Crippen LogP contribution in [-0.4, -0.2) is 19.2 Å². The second kappa shape index (κ2) is 10.4. The molecule has 0 saturated heterocycles. The van der Waals surface area contributed by atoms with E-state index in [0.29, 0.717) is 22.2 Å². The molecule has 0 radical (unpaired) electrons. The quantitative estimate of drug-likeness (QED) is 0.394. The molecule has 9 heteroatoms. The Morgan fingerprint density at radius 1 is 0.941 bits per heavy atom. The first-order valence-corrected chi connectivity index (χ1v) is 11.1. The summed E-state index contributed by atoms with van der Waals surface area (Å²) in [6, 6.07) is 21.3. The van der Waals surface area contributed by atoms with Gasteiger partial charge in [0.25, 0.3) is 0 Å². The summed E-state index contributed by atoms with van der Waals surface area (Å²) in [7, 11) is 0. The maximum Gasteiger partial charge on any atom is 0.354 e. The molecule has 0 unspecified atom stereocenters. The highest BCUT2D eigenvalue weighted by molar-refractivity contribution is 6.30. The van der Waals surface area contributed by atoms with Gasteiger partial charge in [-0.1, -0.05) is 35.9 Å². The minimum absolute atomic E-state index is 0.0679. The van der Waals surface area contributed by atoms with E-state index in [1.807, 2.05) is 18.2 Å². The van der Waals surface area contributed by atoms with E-state index < -0.39 is 11.4 Å². The smallest absolute Gasteiger partial charge is 0.354 e. The Hall–Kier alpha value is -3.88. The largest absolute Gasteiger partial charge is 0.457 e. The molecular formula is C25H23ClN4O4. The van der Waals surface area contributed by atoms with Crippen molar-refractivity contribution in [3.8, 4) is 11.5 Å². The molecule has 8 nitrogen and oxygen atoms in total. The van der Waals surface area contributed by atoms with Crippen molar-refractivity contribution in [1.82, 2.24) is 14.1 Å². The zero-order chi connectivity index (χ0) is 24.1. The van der Waals surface area contributed by atoms with Gasteiger partial charge >= 0.3 is 11.4 Å². The number of rotatable bonds is 8. The standard InChI is InChI=1S/C25H23ClN4O4/c1-2-29-24(32)28-23(30(25(29)33)15-17-6-8-19(26)9-7-17)27-20-10-12-21(13-11-20)34-22-5-3-4-18(14-22)16-31/h3-14,31H,2,15-16H2,1H3,(H,27,28,32). The van der Waals surface area contributed by atoms with Gasteiger partial charge in [0.1, 0.15) is 11.5 Å². The third-order valence-corrected chi connectivity index (χ3v) is 5.40. The molecule has 174 valence electrons. The Bertz CT molecular complexity index is 1400. The third kappa shape index (κ3) is 5.36. The van der Waals surface area contributed by atoms with Gasteiger partial charge in [0.05, 0.1) is 13.2 Å². The monoisotopic (exact) mass is 478 g/mol. The van der Waals surface area contributed by atoms with Crippen LogP contribution < -0.4 is 21.4 Å². The van der Waals surface area contributed by atoms with Crippen LogP contribution in [0.15, 0.2) is 82.4 Å². The van der Waals surface area contributed by atoms with Crippen LogP contribution in [0.2, 0.25) is 5.02 Å². The predicted molar refractivity (Wildman–Crippen MR) is 131 cm³/mol. The average Bonchev–Trinajstić information content (AvgIpc) is 2.84. The lowest BCUT2D eigenvalue weighted by atomic mass is 10.2. The van der Waals surface area contributed by atoms with Gasteiger partial charge in [-0.3, -0.25) is 4.57 Å². The van der Waals surface area contributed by atoms with Crippen molar-refractivity contribution in [3.63, 3.8) is 0 Å². The molecule has 0 bridgehead atoms. The summed E-state index contributed by atoms with van der Waals surface area (Å²) in [6.07, 6.45) is 0. The van der Waals surface area contributed by atoms with Crippen LogP contribution in [0.25, 0.3) is 0 Å². The van der Waals surface area contributed by atoms with Crippen molar-refractivity contribution < 1.29 is 9.84 Å². The highest BCUT2D eigenvalue weighted by Gasteiger charge is 2.13. The molecule has 0 aliphatic rings. The normalized spacial score (nSPS) is 10.8. The van der Waals surface area contributed by atoms with E-state index in [0.717, 1.165) is 15.7 Å². The van der Waals surface area contributed by atoms with E-state index in [-0.39, 0.29) is 25.6 Å².